The second kappa shape index (κ2) is 7.70. The Labute approximate surface area is 147 Å². The number of fused-ring (bicyclic) bond motifs is 2. The standard InChI is InChI=1S/C17H24N4O2S/c1-23-14-6-4-13(5-7-14)18-10-16(22)20-21-17(24)19-15-9-11-2-3-12(15)8-11/h4-7,11-12,15,18H,2-3,8-10H2,1H3,(H,20,22)(H2,19,21,24)/t11-,12-,15-/m1/s1. The van der Waals surface area contributed by atoms with Gasteiger partial charge in [-0.1, -0.05) is 6.42 Å². The van der Waals surface area contributed by atoms with Gasteiger partial charge in [-0.05, 0) is 67.6 Å². The summed E-state index contributed by atoms with van der Waals surface area (Å²) in [5, 5.41) is 6.86. The Morgan fingerprint density at radius 1 is 1.21 bits per heavy atom. The molecule has 0 spiro atoms. The summed E-state index contributed by atoms with van der Waals surface area (Å²) in [6.07, 6.45) is 5.16. The van der Waals surface area contributed by atoms with Crippen LogP contribution >= 0.6 is 12.2 Å². The number of nitrogens with one attached hydrogen (secondary N) is 4. The molecule has 0 radical (unpaired) electrons. The SMILES string of the molecule is COc1ccc(NCC(=O)NNC(=S)N[C@@H]2C[C@@H]3CC[C@@H]2C3)cc1. The number of carbonyl (C=O) groups excluding carboxylic acids is 1. The van der Waals surface area contributed by atoms with Crippen LogP contribution in [0.2, 0.25) is 0 Å². The van der Waals surface area contributed by atoms with E-state index in [1.165, 1.54) is 25.7 Å². The van der Waals surface area contributed by atoms with Crippen LogP contribution in [0.1, 0.15) is 25.7 Å². The fraction of sp³-hybridized carbons (Fsp3) is 0.529. The van der Waals surface area contributed by atoms with E-state index in [4.69, 9.17) is 17.0 Å². The second-order valence-corrected chi connectivity index (χ2v) is 6.92. The number of benzene rings is 1. The largest absolute Gasteiger partial charge is 0.497 e. The lowest BCUT2D eigenvalue weighted by atomic mass is 9.96. The molecule has 2 aliphatic rings. The topological polar surface area (TPSA) is 74.4 Å². The molecule has 4 N–H and O–H groups in total. The highest BCUT2D eigenvalue weighted by Gasteiger charge is 2.39. The van der Waals surface area contributed by atoms with Crippen molar-refractivity contribution in [1.29, 1.82) is 0 Å². The first-order valence-corrected chi connectivity index (χ1v) is 8.78. The maximum atomic E-state index is 11.9. The number of thiocarbonyl (C=S) groups is 1. The molecule has 6 nitrogen and oxygen atoms in total. The van der Waals surface area contributed by atoms with Gasteiger partial charge in [0.15, 0.2) is 5.11 Å². The molecule has 24 heavy (non-hydrogen) atoms. The van der Waals surface area contributed by atoms with Crippen LogP contribution in [0.5, 0.6) is 5.75 Å². The van der Waals surface area contributed by atoms with Crippen molar-refractivity contribution in [2.75, 3.05) is 19.0 Å². The predicted octanol–water partition coefficient (Wildman–Crippen LogP) is 1.79. The third kappa shape index (κ3) is 4.29. The monoisotopic (exact) mass is 348 g/mol. The average Bonchev–Trinajstić information content (AvgIpc) is 3.21. The molecule has 2 aliphatic carbocycles. The van der Waals surface area contributed by atoms with Gasteiger partial charge in [-0.2, -0.15) is 0 Å². The summed E-state index contributed by atoms with van der Waals surface area (Å²) in [6, 6.07) is 7.86. The molecule has 0 saturated heterocycles. The van der Waals surface area contributed by atoms with E-state index < -0.39 is 0 Å². The van der Waals surface area contributed by atoms with Crippen LogP contribution in [0.15, 0.2) is 24.3 Å². The summed E-state index contributed by atoms with van der Waals surface area (Å²) in [6.45, 7) is 0.163. The molecule has 3 atom stereocenters. The zero-order valence-corrected chi connectivity index (χ0v) is 14.6. The van der Waals surface area contributed by atoms with Gasteiger partial charge in [0.05, 0.1) is 13.7 Å². The van der Waals surface area contributed by atoms with Crippen LogP contribution in [0.4, 0.5) is 5.69 Å². The highest BCUT2D eigenvalue weighted by atomic mass is 32.1. The molecule has 0 unspecified atom stereocenters. The first-order valence-electron chi connectivity index (χ1n) is 8.37. The molecule has 1 aromatic rings. The third-order valence-corrected chi connectivity index (χ3v) is 5.13. The van der Waals surface area contributed by atoms with E-state index in [2.05, 4.69) is 21.5 Å². The lowest BCUT2D eigenvalue weighted by Gasteiger charge is -2.24. The van der Waals surface area contributed by atoms with Crippen molar-refractivity contribution in [2.45, 2.75) is 31.7 Å². The molecule has 3 rings (SSSR count). The number of amides is 1. The van der Waals surface area contributed by atoms with E-state index in [0.717, 1.165) is 23.3 Å². The van der Waals surface area contributed by atoms with Crippen molar-refractivity contribution in [3.8, 4) is 5.75 Å². The van der Waals surface area contributed by atoms with E-state index in [-0.39, 0.29) is 12.5 Å². The fourth-order valence-electron chi connectivity index (χ4n) is 3.69. The smallest absolute Gasteiger partial charge is 0.257 e. The summed E-state index contributed by atoms with van der Waals surface area (Å²) in [4.78, 5) is 11.9. The highest BCUT2D eigenvalue weighted by molar-refractivity contribution is 7.80. The molecule has 7 heteroatoms. The predicted molar refractivity (Wildman–Crippen MR) is 97.7 cm³/mol. The lowest BCUT2D eigenvalue weighted by molar-refractivity contribution is -0.119. The molecule has 0 aromatic heterocycles. The van der Waals surface area contributed by atoms with Crippen LogP contribution in [-0.4, -0.2) is 30.7 Å². The highest BCUT2D eigenvalue weighted by Crippen LogP contribution is 2.44. The zero-order chi connectivity index (χ0) is 16.9. The third-order valence-electron chi connectivity index (χ3n) is 4.91. The lowest BCUT2D eigenvalue weighted by Crippen LogP contribution is -2.51. The summed E-state index contributed by atoms with van der Waals surface area (Å²) >= 11 is 5.26. The molecule has 2 fully saturated rings. The van der Waals surface area contributed by atoms with Gasteiger partial charge >= 0.3 is 0 Å². The van der Waals surface area contributed by atoms with Crippen molar-refractivity contribution < 1.29 is 9.53 Å². The molecule has 1 aromatic carbocycles. The van der Waals surface area contributed by atoms with Gasteiger partial charge in [0.2, 0.25) is 0 Å². The average molecular weight is 348 g/mol. The number of methoxy groups -OCH3 is 1. The molecule has 0 heterocycles. The number of hydrazine groups is 1. The van der Waals surface area contributed by atoms with Crippen LogP contribution < -0.4 is 26.2 Å². The number of ether oxygens (including phenoxy) is 1. The summed E-state index contributed by atoms with van der Waals surface area (Å²) < 4.78 is 5.09. The van der Waals surface area contributed by atoms with E-state index in [0.29, 0.717) is 11.2 Å². The number of rotatable bonds is 5. The van der Waals surface area contributed by atoms with Crippen molar-refractivity contribution >= 4 is 28.9 Å². The molecular formula is C17H24N4O2S. The number of hydrogen-bond donors (Lipinski definition) is 4. The zero-order valence-electron chi connectivity index (χ0n) is 13.8. The molecular weight excluding hydrogens is 324 g/mol. The first-order chi connectivity index (χ1) is 11.6. The van der Waals surface area contributed by atoms with Crippen molar-refractivity contribution in [3.63, 3.8) is 0 Å². The first kappa shape index (κ1) is 16.8. The minimum Gasteiger partial charge on any atom is -0.497 e. The van der Waals surface area contributed by atoms with Crippen LogP contribution in [-0.2, 0) is 4.79 Å². The van der Waals surface area contributed by atoms with Crippen LogP contribution in [0.3, 0.4) is 0 Å². The minimum atomic E-state index is -0.178. The number of carbonyl (C=O) groups is 1. The Bertz CT molecular complexity index is 593. The van der Waals surface area contributed by atoms with Crippen molar-refractivity contribution in [2.24, 2.45) is 11.8 Å². The number of hydrogen-bond acceptors (Lipinski definition) is 4. The van der Waals surface area contributed by atoms with E-state index in [1.54, 1.807) is 7.11 Å². The summed E-state index contributed by atoms with van der Waals surface area (Å²) in [7, 11) is 1.62. The summed E-state index contributed by atoms with van der Waals surface area (Å²) in [5.41, 5.74) is 6.25. The van der Waals surface area contributed by atoms with Crippen LogP contribution in [0.25, 0.3) is 0 Å². The number of anilines is 1. The van der Waals surface area contributed by atoms with Crippen LogP contribution in [0, 0.1) is 11.8 Å². The fourth-order valence-corrected chi connectivity index (χ4v) is 3.89. The van der Waals surface area contributed by atoms with Gasteiger partial charge in [-0.15, -0.1) is 0 Å². The quantitative estimate of drug-likeness (QED) is 0.480. The van der Waals surface area contributed by atoms with Gasteiger partial charge in [0, 0.05) is 11.7 Å². The maximum Gasteiger partial charge on any atom is 0.257 e. The molecule has 2 saturated carbocycles. The molecule has 0 aliphatic heterocycles. The Morgan fingerprint density at radius 3 is 2.62 bits per heavy atom. The minimum absolute atomic E-state index is 0.163. The van der Waals surface area contributed by atoms with E-state index in [9.17, 15) is 4.79 Å². The molecule has 1 amide bonds. The second-order valence-electron chi connectivity index (χ2n) is 6.51. The van der Waals surface area contributed by atoms with Gasteiger partial charge in [-0.25, -0.2) is 0 Å². The Morgan fingerprint density at radius 2 is 2.00 bits per heavy atom. The van der Waals surface area contributed by atoms with Gasteiger partial charge in [-0.3, -0.25) is 15.6 Å². The van der Waals surface area contributed by atoms with Gasteiger partial charge in [0.1, 0.15) is 5.75 Å². The summed E-state index contributed by atoms with van der Waals surface area (Å²) in [5.74, 6) is 2.20. The molecule has 2 bridgehead atoms. The van der Waals surface area contributed by atoms with E-state index in [1.807, 2.05) is 24.3 Å². The Balaban J connectivity index is 1.33. The van der Waals surface area contributed by atoms with Crippen molar-refractivity contribution in [1.82, 2.24) is 16.2 Å². The van der Waals surface area contributed by atoms with Crippen molar-refractivity contribution in [3.05, 3.63) is 24.3 Å². The van der Waals surface area contributed by atoms with E-state index >= 15 is 0 Å². The molecule has 130 valence electrons. The van der Waals surface area contributed by atoms with Gasteiger partial charge in [0.25, 0.3) is 5.91 Å². The Kier molecular flexibility index (Phi) is 5.40. The Hall–Kier alpha value is -2.02. The van der Waals surface area contributed by atoms with Gasteiger partial charge < -0.3 is 15.4 Å². The normalized spacial score (nSPS) is 24.3. The maximum absolute atomic E-state index is 11.9.